The van der Waals surface area contributed by atoms with E-state index in [0.29, 0.717) is 18.1 Å². The van der Waals surface area contributed by atoms with Crippen LogP contribution < -0.4 is 0 Å². The van der Waals surface area contributed by atoms with E-state index >= 15 is 0 Å². The van der Waals surface area contributed by atoms with Crippen LogP contribution in [0.15, 0.2) is 11.6 Å². The fourth-order valence-corrected chi connectivity index (χ4v) is 3.72. The third kappa shape index (κ3) is 7.89. The molecule has 0 aromatic heterocycles. The molecule has 4 heteroatoms. The van der Waals surface area contributed by atoms with E-state index < -0.39 is 0 Å². The molecule has 4 atom stereocenters. The molecule has 2 fully saturated rings. The van der Waals surface area contributed by atoms with Crippen molar-refractivity contribution in [3.63, 3.8) is 0 Å². The summed E-state index contributed by atoms with van der Waals surface area (Å²) in [6, 6.07) is 0. The molecule has 0 aromatic rings. The largest absolute Gasteiger partial charge is 0.370 e. The molecule has 2 heterocycles. The number of carbonyl (C=O) groups excluding carboxylic acids is 1. The van der Waals surface area contributed by atoms with Crippen molar-refractivity contribution in [2.24, 2.45) is 5.92 Å². The van der Waals surface area contributed by atoms with E-state index in [9.17, 15) is 4.79 Å². The summed E-state index contributed by atoms with van der Waals surface area (Å²) in [7, 11) is 0. The molecule has 2 rings (SSSR count). The summed E-state index contributed by atoms with van der Waals surface area (Å²) >= 11 is 0. The van der Waals surface area contributed by atoms with Crippen LogP contribution in [0.1, 0.15) is 85.0 Å². The molecule has 2 aliphatic rings. The average molecular weight is 367 g/mol. The second kappa shape index (κ2) is 11.9. The van der Waals surface area contributed by atoms with Crippen LogP contribution in [0, 0.1) is 5.92 Å². The topological polar surface area (TPSA) is 44.8 Å². The third-order valence-corrected chi connectivity index (χ3v) is 5.48. The first kappa shape index (κ1) is 21.6. The van der Waals surface area contributed by atoms with Crippen molar-refractivity contribution < 1.29 is 19.0 Å². The molecular formula is C22H38O4. The molecular weight excluding hydrogens is 328 g/mol. The van der Waals surface area contributed by atoms with Crippen molar-refractivity contribution >= 4 is 5.78 Å². The number of carbonyl (C=O) groups is 1. The quantitative estimate of drug-likeness (QED) is 0.526. The van der Waals surface area contributed by atoms with Crippen molar-refractivity contribution in [2.45, 2.75) is 103 Å². The molecule has 0 N–H and O–H groups in total. The van der Waals surface area contributed by atoms with Crippen molar-refractivity contribution in [1.29, 1.82) is 0 Å². The minimum Gasteiger partial charge on any atom is -0.370 e. The molecule has 4 unspecified atom stereocenters. The molecule has 26 heavy (non-hydrogen) atoms. The number of hydrogen-bond donors (Lipinski definition) is 0. The SMILES string of the molecule is CC(C)=CCC(OC1CCCCO1)C(C)CCCC1OCCCCC1=O. The van der Waals surface area contributed by atoms with Crippen molar-refractivity contribution in [3.05, 3.63) is 11.6 Å². The van der Waals surface area contributed by atoms with Gasteiger partial charge in [-0.3, -0.25) is 4.79 Å². The van der Waals surface area contributed by atoms with Crippen LogP contribution in [-0.2, 0) is 19.0 Å². The Morgan fingerprint density at radius 3 is 2.69 bits per heavy atom. The summed E-state index contributed by atoms with van der Waals surface area (Å²) < 4.78 is 17.9. The molecule has 2 aliphatic heterocycles. The Morgan fingerprint density at radius 1 is 1.19 bits per heavy atom. The number of ether oxygens (including phenoxy) is 3. The van der Waals surface area contributed by atoms with Crippen molar-refractivity contribution in [1.82, 2.24) is 0 Å². The highest BCUT2D eigenvalue weighted by Gasteiger charge is 2.25. The Morgan fingerprint density at radius 2 is 1.96 bits per heavy atom. The van der Waals surface area contributed by atoms with Gasteiger partial charge in [0.2, 0.25) is 0 Å². The fourth-order valence-electron chi connectivity index (χ4n) is 3.72. The van der Waals surface area contributed by atoms with Crippen LogP contribution in [0.3, 0.4) is 0 Å². The minimum atomic E-state index is -0.177. The molecule has 0 bridgehead atoms. The van der Waals surface area contributed by atoms with E-state index in [1.54, 1.807) is 0 Å². The van der Waals surface area contributed by atoms with Crippen LogP contribution in [0.25, 0.3) is 0 Å². The van der Waals surface area contributed by atoms with Crippen molar-refractivity contribution in [2.75, 3.05) is 13.2 Å². The first-order valence-electron chi connectivity index (χ1n) is 10.6. The zero-order valence-electron chi connectivity index (χ0n) is 17.0. The lowest BCUT2D eigenvalue weighted by molar-refractivity contribution is -0.197. The average Bonchev–Trinajstić information content (AvgIpc) is 2.83. The summed E-state index contributed by atoms with van der Waals surface area (Å²) in [5.74, 6) is 0.736. The van der Waals surface area contributed by atoms with Gasteiger partial charge in [0.05, 0.1) is 6.10 Å². The van der Waals surface area contributed by atoms with Gasteiger partial charge in [-0.2, -0.15) is 0 Å². The second-order valence-electron chi connectivity index (χ2n) is 8.18. The highest BCUT2D eigenvalue weighted by molar-refractivity contribution is 5.83. The van der Waals surface area contributed by atoms with Crippen LogP contribution in [0.4, 0.5) is 0 Å². The van der Waals surface area contributed by atoms with E-state index in [4.69, 9.17) is 14.2 Å². The number of Topliss-reactive ketones (excluding diaryl/α,β-unsaturated/α-hetero) is 1. The van der Waals surface area contributed by atoms with E-state index in [0.717, 1.165) is 64.6 Å². The lowest BCUT2D eigenvalue weighted by Crippen LogP contribution is -2.31. The molecule has 0 spiro atoms. The first-order chi connectivity index (χ1) is 12.6. The Bertz CT molecular complexity index is 435. The highest BCUT2D eigenvalue weighted by Crippen LogP contribution is 2.25. The Kier molecular flexibility index (Phi) is 9.87. The van der Waals surface area contributed by atoms with E-state index in [2.05, 4.69) is 26.8 Å². The Balaban J connectivity index is 1.80. The number of allylic oxidation sites excluding steroid dienone is 1. The molecule has 150 valence electrons. The predicted molar refractivity (Wildman–Crippen MR) is 104 cm³/mol. The second-order valence-corrected chi connectivity index (χ2v) is 8.18. The fraction of sp³-hybridized carbons (Fsp3) is 0.864. The maximum Gasteiger partial charge on any atom is 0.161 e. The van der Waals surface area contributed by atoms with Crippen LogP contribution in [-0.4, -0.2) is 37.5 Å². The summed E-state index contributed by atoms with van der Waals surface area (Å²) in [6.07, 6.45) is 12.1. The molecule has 0 saturated carbocycles. The molecule has 0 radical (unpaired) electrons. The maximum atomic E-state index is 12.1. The summed E-state index contributed by atoms with van der Waals surface area (Å²) in [4.78, 5) is 12.1. The number of hydrogen-bond acceptors (Lipinski definition) is 4. The van der Waals surface area contributed by atoms with Crippen molar-refractivity contribution in [3.8, 4) is 0 Å². The highest BCUT2D eigenvalue weighted by atomic mass is 16.7. The first-order valence-corrected chi connectivity index (χ1v) is 10.6. The molecule has 0 amide bonds. The van der Waals surface area contributed by atoms with Gasteiger partial charge in [0.15, 0.2) is 12.1 Å². The van der Waals surface area contributed by atoms with E-state index in [1.807, 2.05) is 0 Å². The molecule has 4 nitrogen and oxygen atoms in total. The monoisotopic (exact) mass is 366 g/mol. The maximum absolute atomic E-state index is 12.1. The number of rotatable bonds is 9. The van der Waals surface area contributed by atoms with Gasteiger partial charge in [-0.25, -0.2) is 0 Å². The van der Waals surface area contributed by atoms with Gasteiger partial charge < -0.3 is 14.2 Å². The molecule has 0 aromatic carbocycles. The zero-order chi connectivity index (χ0) is 18.8. The smallest absolute Gasteiger partial charge is 0.161 e. The van der Waals surface area contributed by atoms with Gasteiger partial charge in [0, 0.05) is 19.6 Å². The van der Waals surface area contributed by atoms with Crippen LogP contribution in [0.2, 0.25) is 0 Å². The van der Waals surface area contributed by atoms with Gasteiger partial charge in [-0.15, -0.1) is 0 Å². The van der Waals surface area contributed by atoms with Gasteiger partial charge in [-0.05, 0) is 71.1 Å². The standard InChI is InChI=1S/C22H38O4/c1-17(2)13-14-20(26-22-12-5-7-16-25-22)18(3)9-8-11-21-19(23)10-4-6-15-24-21/h13,18,20-22H,4-12,14-16H2,1-3H3. The van der Waals surface area contributed by atoms with E-state index in [-0.39, 0.29) is 18.5 Å². The van der Waals surface area contributed by atoms with Crippen LogP contribution >= 0.6 is 0 Å². The third-order valence-electron chi connectivity index (χ3n) is 5.48. The number of ketones is 1. The zero-order valence-corrected chi connectivity index (χ0v) is 17.0. The normalized spacial score (nSPS) is 26.8. The molecule has 0 aliphatic carbocycles. The van der Waals surface area contributed by atoms with Crippen LogP contribution in [0.5, 0.6) is 0 Å². The van der Waals surface area contributed by atoms with E-state index in [1.165, 1.54) is 12.0 Å². The summed E-state index contributed by atoms with van der Waals surface area (Å²) in [5, 5.41) is 0. The summed E-state index contributed by atoms with van der Waals surface area (Å²) in [6.45, 7) is 8.08. The lowest BCUT2D eigenvalue weighted by atomic mass is 9.93. The van der Waals surface area contributed by atoms with Gasteiger partial charge in [0.1, 0.15) is 6.10 Å². The summed E-state index contributed by atoms with van der Waals surface area (Å²) in [5.41, 5.74) is 1.33. The Hall–Kier alpha value is -0.710. The minimum absolute atomic E-state index is 0.0477. The Labute approximate surface area is 159 Å². The predicted octanol–water partition coefficient (Wildman–Crippen LogP) is 5.20. The van der Waals surface area contributed by atoms with Gasteiger partial charge >= 0.3 is 0 Å². The lowest BCUT2D eigenvalue weighted by Gasteiger charge is -2.31. The molecule has 2 saturated heterocycles. The van der Waals surface area contributed by atoms with Gasteiger partial charge in [0.25, 0.3) is 0 Å². The van der Waals surface area contributed by atoms with Gasteiger partial charge in [-0.1, -0.05) is 25.0 Å².